The second-order valence-electron chi connectivity index (χ2n) is 3.78. The molecule has 106 valence electrons. The maximum atomic E-state index is 12.4. The van der Waals surface area contributed by atoms with Crippen molar-refractivity contribution in [3.8, 4) is 0 Å². The van der Waals surface area contributed by atoms with Gasteiger partial charge in [0.25, 0.3) is 10.0 Å². The minimum Gasteiger partial charge on any atom is -0.277 e. The molecule has 1 N–H and O–H groups in total. The first kappa shape index (κ1) is 16.3. The standard InChI is InChI=1S/C12H7Br3ClNO2S/c13-7-4-5-11(10(16)6-7)20(18,19)17-12-8(14)2-1-3-9(12)15/h1-6,17H. The highest BCUT2D eigenvalue weighted by Crippen LogP contribution is 2.34. The summed E-state index contributed by atoms with van der Waals surface area (Å²) in [5, 5.41) is 0.148. The monoisotopic (exact) mass is 501 g/mol. The number of halogens is 4. The van der Waals surface area contributed by atoms with E-state index in [1.807, 2.05) is 0 Å². The smallest absolute Gasteiger partial charge is 0.263 e. The molecule has 0 heterocycles. The van der Waals surface area contributed by atoms with Gasteiger partial charge in [-0.15, -0.1) is 0 Å². The third-order valence-electron chi connectivity index (χ3n) is 2.38. The van der Waals surface area contributed by atoms with Gasteiger partial charge >= 0.3 is 0 Å². The van der Waals surface area contributed by atoms with Gasteiger partial charge in [0, 0.05) is 13.4 Å². The first-order valence-electron chi connectivity index (χ1n) is 5.23. The number of sulfonamides is 1. The fourth-order valence-corrected chi connectivity index (χ4v) is 5.08. The van der Waals surface area contributed by atoms with Gasteiger partial charge in [-0.05, 0) is 62.2 Å². The number of nitrogens with one attached hydrogen (secondary N) is 1. The fourth-order valence-electron chi connectivity index (χ4n) is 1.48. The van der Waals surface area contributed by atoms with Crippen molar-refractivity contribution in [3.63, 3.8) is 0 Å². The van der Waals surface area contributed by atoms with Crippen molar-refractivity contribution >= 4 is 75.1 Å². The van der Waals surface area contributed by atoms with Crippen LogP contribution in [0.4, 0.5) is 5.69 Å². The molecule has 2 rings (SSSR count). The van der Waals surface area contributed by atoms with Crippen molar-refractivity contribution in [2.75, 3.05) is 4.72 Å². The molecule has 8 heteroatoms. The normalized spacial score (nSPS) is 11.4. The molecule has 0 spiro atoms. The molecular formula is C12H7Br3ClNO2S. The highest BCUT2D eigenvalue weighted by Gasteiger charge is 2.20. The summed E-state index contributed by atoms with van der Waals surface area (Å²) in [5.41, 5.74) is 0.423. The molecule has 0 amide bonds. The molecular weight excluding hydrogens is 497 g/mol. The van der Waals surface area contributed by atoms with Gasteiger partial charge in [0.2, 0.25) is 0 Å². The number of rotatable bonds is 3. The zero-order chi connectivity index (χ0) is 14.9. The van der Waals surface area contributed by atoms with Gasteiger partial charge < -0.3 is 0 Å². The molecule has 0 saturated heterocycles. The lowest BCUT2D eigenvalue weighted by molar-refractivity contribution is 0.601. The summed E-state index contributed by atoms with van der Waals surface area (Å²) in [6, 6.07) is 9.87. The topological polar surface area (TPSA) is 46.2 Å². The van der Waals surface area contributed by atoms with Crippen LogP contribution in [0.1, 0.15) is 0 Å². The second-order valence-corrected chi connectivity index (χ2v) is 8.46. The summed E-state index contributed by atoms with van der Waals surface area (Å²) in [6.45, 7) is 0. The molecule has 0 aromatic heterocycles. The van der Waals surface area contributed by atoms with Gasteiger partial charge in [-0.3, -0.25) is 4.72 Å². The van der Waals surface area contributed by atoms with Gasteiger partial charge in [-0.2, -0.15) is 0 Å². The maximum Gasteiger partial charge on any atom is 0.263 e. The molecule has 0 bridgehead atoms. The SMILES string of the molecule is O=S(=O)(Nc1c(Br)cccc1Br)c1ccc(Br)cc1Cl. The molecule has 0 aliphatic rings. The van der Waals surface area contributed by atoms with E-state index in [4.69, 9.17) is 11.6 Å². The number of hydrogen-bond donors (Lipinski definition) is 1. The first-order valence-corrected chi connectivity index (χ1v) is 9.47. The van der Waals surface area contributed by atoms with E-state index in [0.717, 1.165) is 0 Å². The van der Waals surface area contributed by atoms with Crippen LogP contribution < -0.4 is 4.72 Å². The summed E-state index contributed by atoms with van der Waals surface area (Å²) in [6.07, 6.45) is 0. The van der Waals surface area contributed by atoms with Crippen molar-refractivity contribution < 1.29 is 8.42 Å². The Morgan fingerprint density at radius 1 is 1.00 bits per heavy atom. The minimum absolute atomic E-state index is 0.0185. The van der Waals surface area contributed by atoms with E-state index in [2.05, 4.69) is 52.5 Å². The molecule has 3 nitrogen and oxygen atoms in total. The summed E-state index contributed by atoms with van der Waals surface area (Å²) in [7, 11) is -3.77. The van der Waals surface area contributed by atoms with E-state index < -0.39 is 10.0 Å². The summed E-state index contributed by atoms with van der Waals surface area (Å²) < 4.78 is 29.2. The number of para-hydroxylation sites is 1. The fraction of sp³-hybridized carbons (Fsp3) is 0. The molecule has 2 aromatic carbocycles. The zero-order valence-electron chi connectivity index (χ0n) is 9.70. The first-order chi connectivity index (χ1) is 9.31. The van der Waals surface area contributed by atoms with E-state index in [1.165, 1.54) is 12.1 Å². The Morgan fingerprint density at radius 2 is 1.60 bits per heavy atom. The van der Waals surface area contributed by atoms with Gasteiger partial charge in [0.15, 0.2) is 0 Å². The average molecular weight is 504 g/mol. The van der Waals surface area contributed by atoms with Crippen LogP contribution in [0, 0.1) is 0 Å². The molecule has 0 unspecified atom stereocenters. The van der Waals surface area contributed by atoms with Crippen molar-refractivity contribution in [2.45, 2.75) is 4.90 Å². The average Bonchev–Trinajstić information content (AvgIpc) is 2.33. The van der Waals surface area contributed by atoms with Crippen molar-refractivity contribution in [2.24, 2.45) is 0 Å². The van der Waals surface area contributed by atoms with E-state index in [9.17, 15) is 8.42 Å². The van der Waals surface area contributed by atoms with Gasteiger partial charge in [-0.25, -0.2) is 8.42 Å². The minimum atomic E-state index is -3.77. The Morgan fingerprint density at radius 3 is 2.15 bits per heavy atom. The van der Waals surface area contributed by atoms with Crippen LogP contribution in [0.5, 0.6) is 0 Å². The van der Waals surface area contributed by atoms with Crippen molar-refractivity contribution in [1.82, 2.24) is 0 Å². The predicted octanol–water partition coefficient (Wildman–Crippen LogP) is 5.43. The van der Waals surface area contributed by atoms with Gasteiger partial charge in [0.1, 0.15) is 4.90 Å². The highest BCUT2D eigenvalue weighted by atomic mass is 79.9. The Balaban J connectivity index is 2.46. The Kier molecular flexibility index (Phi) is 5.18. The number of hydrogen-bond acceptors (Lipinski definition) is 2. The molecule has 2 aromatic rings. The highest BCUT2D eigenvalue weighted by molar-refractivity contribution is 9.11. The molecule has 0 aliphatic carbocycles. The van der Waals surface area contributed by atoms with Crippen LogP contribution in [0.2, 0.25) is 5.02 Å². The lowest BCUT2D eigenvalue weighted by Gasteiger charge is -2.12. The van der Waals surface area contributed by atoms with Crippen LogP contribution in [-0.2, 0) is 10.0 Å². The third kappa shape index (κ3) is 3.57. The predicted molar refractivity (Wildman–Crippen MR) is 91.8 cm³/mol. The van der Waals surface area contributed by atoms with E-state index in [-0.39, 0.29) is 9.92 Å². The van der Waals surface area contributed by atoms with Crippen LogP contribution in [0.3, 0.4) is 0 Å². The Labute approximate surface area is 147 Å². The molecule has 0 radical (unpaired) electrons. The second kappa shape index (κ2) is 6.36. The molecule has 0 atom stereocenters. The van der Waals surface area contributed by atoms with Gasteiger partial charge in [-0.1, -0.05) is 33.6 Å². The van der Waals surface area contributed by atoms with Crippen LogP contribution in [0.15, 0.2) is 54.7 Å². The molecule has 0 fully saturated rings. The zero-order valence-corrected chi connectivity index (χ0v) is 16.0. The van der Waals surface area contributed by atoms with E-state index >= 15 is 0 Å². The number of anilines is 1. The maximum absolute atomic E-state index is 12.4. The van der Waals surface area contributed by atoms with Crippen molar-refractivity contribution in [1.29, 1.82) is 0 Å². The van der Waals surface area contributed by atoms with Crippen LogP contribution >= 0.6 is 59.4 Å². The summed E-state index contributed by atoms with van der Waals surface area (Å²) in [4.78, 5) is 0.0185. The summed E-state index contributed by atoms with van der Waals surface area (Å²) >= 11 is 15.8. The third-order valence-corrected chi connectivity index (χ3v) is 6.03. The number of benzene rings is 2. The molecule has 0 aliphatic heterocycles. The lowest BCUT2D eigenvalue weighted by Crippen LogP contribution is -2.14. The Bertz CT molecular complexity index is 745. The lowest BCUT2D eigenvalue weighted by atomic mass is 10.3. The summed E-state index contributed by atoms with van der Waals surface area (Å²) in [5.74, 6) is 0. The van der Waals surface area contributed by atoms with Crippen LogP contribution in [0.25, 0.3) is 0 Å². The van der Waals surface area contributed by atoms with E-state index in [1.54, 1.807) is 24.3 Å². The van der Waals surface area contributed by atoms with Crippen molar-refractivity contribution in [3.05, 3.63) is 54.8 Å². The van der Waals surface area contributed by atoms with Crippen LogP contribution in [-0.4, -0.2) is 8.42 Å². The van der Waals surface area contributed by atoms with E-state index in [0.29, 0.717) is 19.1 Å². The molecule has 20 heavy (non-hydrogen) atoms. The molecule has 0 saturated carbocycles. The Hall–Kier alpha value is -0.0800. The largest absolute Gasteiger partial charge is 0.277 e. The quantitative estimate of drug-likeness (QED) is 0.606. The van der Waals surface area contributed by atoms with Gasteiger partial charge in [0.05, 0.1) is 10.7 Å².